The number of Topliss-reactive ketones (excluding diaryl/α,β-unsaturated/α-hetero) is 1. The second-order valence-electron chi connectivity index (χ2n) is 8.66. The van der Waals surface area contributed by atoms with E-state index in [1.807, 2.05) is 13.0 Å². The molecule has 7 nitrogen and oxygen atoms in total. The number of hydrogen-bond acceptors (Lipinski definition) is 6. The first-order valence-electron chi connectivity index (χ1n) is 10.1. The third-order valence-corrected chi connectivity index (χ3v) is 5.42. The summed E-state index contributed by atoms with van der Waals surface area (Å²) in [6.07, 6.45) is 0.651. The summed E-state index contributed by atoms with van der Waals surface area (Å²) in [5, 5.41) is 21.9. The molecular weight excluding hydrogens is 398 g/mol. The summed E-state index contributed by atoms with van der Waals surface area (Å²) >= 11 is 0. The molecule has 0 unspecified atom stereocenters. The molecule has 2 aromatic rings. The first-order chi connectivity index (χ1) is 14.4. The van der Waals surface area contributed by atoms with E-state index in [0.29, 0.717) is 29.0 Å². The van der Waals surface area contributed by atoms with Gasteiger partial charge in [-0.3, -0.25) is 14.9 Å². The van der Waals surface area contributed by atoms with Crippen LogP contribution in [0.15, 0.2) is 42.2 Å². The Morgan fingerprint density at radius 3 is 2.26 bits per heavy atom. The molecule has 0 fully saturated rings. The summed E-state index contributed by atoms with van der Waals surface area (Å²) < 4.78 is 11.8. The van der Waals surface area contributed by atoms with Crippen molar-refractivity contribution >= 4 is 17.0 Å². The zero-order valence-electron chi connectivity index (χ0n) is 18.6. The van der Waals surface area contributed by atoms with Crippen LogP contribution in [0.5, 0.6) is 11.5 Å². The van der Waals surface area contributed by atoms with Crippen molar-refractivity contribution in [3.63, 3.8) is 0 Å². The average molecular weight is 425 g/mol. The quantitative estimate of drug-likeness (QED) is 0.488. The van der Waals surface area contributed by atoms with Crippen molar-refractivity contribution in [2.24, 2.45) is 0 Å². The zero-order chi connectivity index (χ0) is 23.1. The zero-order valence-corrected chi connectivity index (χ0v) is 18.6. The van der Waals surface area contributed by atoms with Gasteiger partial charge in [0.15, 0.2) is 5.78 Å². The number of carbonyl (C=O) groups excluding carboxylic acids is 1. The largest absolute Gasteiger partial charge is 0.508 e. The van der Waals surface area contributed by atoms with Crippen molar-refractivity contribution in [1.29, 1.82) is 0 Å². The van der Waals surface area contributed by atoms with E-state index in [1.54, 1.807) is 52.8 Å². The number of aliphatic hydroxyl groups is 1. The van der Waals surface area contributed by atoms with Crippen LogP contribution in [0.1, 0.15) is 51.3 Å². The molecule has 0 radical (unpaired) electrons. The lowest BCUT2D eigenvalue weighted by Crippen LogP contribution is -2.49. The molecule has 0 spiro atoms. The topological polar surface area (TPSA) is 98.9 Å². The van der Waals surface area contributed by atoms with Gasteiger partial charge in [-0.05, 0) is 76.4 Å². The molecule has 3 rings (SSSR count). The number of nitro benzene ring substituents is 1. The number of aryl methyl sites for hydroxylation is 2. The van der Waals surface area contributed by atoms with Crippen LogP contribution in [0.25, 0.3) is 5.57 Å². The average Bonchev–Trinajstić information content (AvgIpc) is 2.66. The van der Waals surface area contributed by atoms with E-state index in [9.17, 15) is 20.0 Å². The standard InChI is InChI=1S/C24H27NO6/c1-7-15-8-9-17(30-16-10-11-19(25(28)29)14(2)12-16)13-18(15)20-21(26)23(3,4)31-24(5,6)22(20)27/h8-13,26H,7H2,1-6H3. The van der Waals surface area contributed by atoms with Gasteiger partial charge in [0.2, 0.25) is 0 Å². The van der Waals surface area contributed by atoms with Crippen LogP contribution in [0.2, 0.25) is 0 Å². The second kappa shape index (κ2) is 7.81. The maximum Gasteiger partial charge on any atom is 0.272 e. The van der Waals surface area contributed by atoms with E-state index < -0.39 is 16.1 Å². The molecule has 0 aromatic heterocycles. The summed E-state index contributed by atoms with van der Waals surface area (Å²) in [4.78, 5) is 23.8. The number of carbonyl (C=O) groups is 1. The highest BCUT2D eigenvalue weighted by Gasteiger charge is 2.47. The van der Waals surface area contributed by atoms with Gasteiger partial charge in [-0.2, -0.15) is 0 Å². The van der Waals surface area contributed by atoms with Gasteiger partial charge in [0, 0.05) is 11.6 Å². The first kappa shape index (κ1) is 22.5. The van der Waals surface area contributed by atoms with Crippen LogP contribution >= 0.6 is 0 Å². The Bertz CT molecular complexity index is 1100. The minimum Gasteiger partial charge on any atom is -0.508 e. The molecule has 0 saturated heterocycles. The summed E-state index contributed by atoms with van der Waals surface area (Å²) in [5.74, 6) is 0.475. The van der Waals surface area contributed by atoms with Gasteiger partial charge in [-0.1, -0.05) is 13.0 Å². The van der Waals surface area contributed by atoms with Crippen molar-refractivity contribution in [2.45, 2.75) is 59.2 Å². The Morgan fingerprint density at radius 2 is 1.68 bits per heavy atom. The van der Waals surface area contributed by atoms with Crippen LogP contribution in [0, 0.1) is 17.0 Å². The summed E-state index contributed by atoms with van der Waals surface area (Å²) in [5.41, 5.74) is 0.0784. The third-order valence-electron chi connectivity index (χ3n) is 5.42. The van der Waals surface area contributed by atoms with E-state index in [1.165, 1.54) is 12.1 Å². The Balaban J connectivity index is 2.09. The molecule has 1 N–H and O–H groups in total. The molecule has 0 amide bonds. The fourth-order valence-electron chi connectivity index (χ4n) is 3.88. The second-order valence-corrected chi connectivity index (χ2v) is 8.66. The number of rotatable bonds is 5. The van der Waals surface area contributed by atoms with Gasteiger partial charge in [0.05, 0.1) is 10.5 Å². The van der Waals surface area contributed by atoms with Gasteiger partial charge < -0.3 is 14.6 Å². The normalized spacial score (nSPS) is 17.5. The third kappa shape index (κ3) is 4.18. The van der Waals surface area contributed by atoms with E-state index in [2.05, 4.69) is 0 Å². The molecule has 31 heavy (non-hydrogen) atoms. The lowest BCUT2D eigenvalue weighted by molar-refractivity contribution is -0.385. The lowest BCUT2D eigenvalue weighted by Gasteiger charge is -2.40. The predicted octanol–water partition coefficient (Wildman–Crippen LogP) is 5.68. The maximum absolute atomic E-state index is 13.2. The van der Waals surface area contributed by atoms with Crippen LogP contribution in [0.3, 0.4) is 0 Å². The highest BCUT2D eigenvalue weighted by molar-refractivity contribution is 6.26. The molecule has 1 heterocycles. The fraction of sp³-hybridized carbons (Fsp3) is 0.375. The van der Waals surface area contributed by atoms with E-state index >= 15 is 0 Å². The summed E-state index contributed by atoms with van der Waals surface area (Å²) in [7, 11) is 0. The van der Waals surface area contributed by atoms with Crippen LogP contribution in [-0.4, -0.2) is 27.0 Å². The van der Waals surface area contributed by atoms with Crippen molar-refractivity contribution in [2.75, 3.05) is 0 Å². The van der Waals surface area contributed by atoms with Gasteiger partial charge in [-0.15, -0.1) is 0 Å². The number of nitro groups is 1. The Hall–Kier alpha value is -3.19. The van der Waals surface area contributed by atoms with E-state index in [0.717, 1.165) is 5.56 Å². The Labute approximate surface area is 181 Å². The van der Waals surface area contributed by atoms with Crippen LogP contribution < -0.4 is 4.74 Å². The van der Waals surface area contributed by atoms with Crippen molar-refractivity contribution < 1.29 is 24.3 Å². The molecule has 0 aliphatic carbocycles. The van der Waals surface area contributed by atoms with Crippen molar-refractivity contribution in [1.82, 2.24) is 0 Å². The van der Waals surface area contributed by atoms with Gasteiger partial charge in [0.25, 0.3) is 5.69 Å². The molecular formula is C24H27NO6. The maximum atomic E-state index is 13.2. The molecule has 2 aromatic carbocycles. The van der Waals surface area contributed by atoms with Crippen molar-refractivity contribution in [3.05, 3.63) is 69.0 Å². The Morgan fingerprint density at radius 1 is 1.06 bits per heavy atom. The first-order valence-corrected chi connectivity index (χ1v) is 10.1. The summed E-state index contributed by atoms with van der Waals surface area (Å²) in [6, 6.07) is 9.86. The predicted molar refractivity (Wildman–Crippen MR) is 118 cm³/mol. The Kier molecular flexibility index (Phi) is 5.67. The molecule has 7 heteroatoms. The highest BCUT2D eigenvalue weighted by atomic mass is 16.6. The molecule has 0 bridgehead atoms. The fourth-order valence-corrected chi connectivity index (χ4v) is 3.88. The van der Waals surface area contributed by atoms with Gasteiger partial charge in [-0.25, -0.2) is 0 Å². The van der Waals surface area contributed by atoms with Crippen LogP contribution in [-0.2, 0) is 16.0 Å². The van der Waals surface area contributed by atoms with E-state index in [4.69, 9.17) is 9.47 Å². The number of ketones is 1. The molecule has 1 aliphatic heterocycles. The van der Waals surface area contributed by atoms with Crippen molar-refractivity contribution in [3.8, 4) is 11.5 Å². The smallest absolute Gasteiger partial charge is 0.272 e. The summed E-state index contributed by atoms with van der Waals surface area (Å²) in [6.45, 7) is 10.4. The molecule has 1 aliphatic rings. The van der Waals surface area contributed by atoms with Crippen LogP contribution in [0.4, 0.5) is 5.69 Å². The number of ether oxygens (including phenoxy) is 2. The minimum atomic E-state index is -1.09. The number of aliphatic hydroxyl groups excluding tert-OH is 1. The minimum absolute atomic E-state index is 0.0155. The van der Waals surface area contributed by atoms with E-state index in [-0.39, 0.29) is 22.8 Å². The highest BCUT2D eigenvalue weighted by Crippen LogP contribution is 2.42. The number of hydrogen-bond donors (Lipinski definition) is 1. The van der Waals surface area contributed by atoms with Gasteiger partial charge >= 0.3 is 0 Å². The number of benzene rings is 2. The number of nitrogens with zero attached hydrogens (tertiary/aromatic N) is 1. The SMILES string of the molecule is CCc1ccc(Oc2ccc([N+](=O)[O-])c(C)c2)cc1C1=C(O)C(C)(C)OC(C)(C)C1=O. The lowest BCUT2D eigenvalue weighted by atomic mass is 9.81. The molecule has 164 valence electrons. The molecule has 0 saturated carbocycles. The molecule has 0 atom stereocenters. The monoisotopic (exact) mass is 425 g/mol. The van der Waals surface area contributed by atoms with Gasteiger partial charge in [0.1, 0.15) is 28.5 Å².